The molecular weight excluding hydrogens is 390 g/mol. The Kier molecular flexibility index (Phi) is 5.66. The maximum Gasteiger partial charge on any atom is 0.131 e. The molecule has 0 bridgehead atoms. The van der Waals surface area contributed by atoms with Gasteiger partial charge in [0.1, 0.15) is 6.23 Å². The van der Waals surface area contributed by atoms with Crippen LogP contribution < -0.4 is 5.32 Å². The molecule has 32 heavy (non-hydrogen) atoms. The number of aliphatic hydroxyl groups is 1. The molecule has 0 saturated heterocycles. The first-order chi connectivity index (χ1) is 14.7. The van der Waals surface area contributed by atoms with Crippen molar-refractivity contribution in [1.29, 1.82) is 0 Å². The van der Waals surface area contributed by atoms with Crippen molar-refractivity contribution in [3.8, 4) is 0 Å². The first-order valence-electron chi connectivity index (χ1n) is 12.4. The van der Waals surface area contributed by atoms with Crippen LogP contribution in [0.3, 0.4) is 0 Å². The first kappa shape index (κ1) is 23.5. The minimum absolute atomic E-state index is 0.151. The monoisotopic (exact) mass is 433 g/mol. The van der Waals surface area contributed by atoms with Crippen molar-refractivity contribution in [2.24, 2.45) is 0 Å². The van der Waals surface area contributed by atoms with Crippen molar-refractivity contribution < 1.29 is 5.11 Å². The molecule has 2 aromatic rings. The van der Waals surface area contributed by atoms with Crippen molar-refractivity contribution in [1.82, 2.24) is 5.32 Å². The predicted octanol–water partition coefficient (Wildman–Crippen LogP) is 6.82. The zero-order valence-electron chi connectivity index (χ0n) is 21.5. The molecule has 2 aliphatic carbocycles. The van der Waals surface area contributed by atoms with Crippen molar-refractivity contribution in [2.45, 2.75) is 109 Å². The number of hydrogen-bond acceptors (Lipinski definition) is 2. The van der Waals surface area contributed by atoms with Crippen molar-refractivity contribution >= 4 is 0 Å². The van der Waals surface area contributed by atoms with Crippen LogP contribution in [0.1, 0.15) is 114 Å². The summed E-state index contributed by atoms with van der Waals surface area (Å²) in [6.07, 6.45) is 3.92. The van der Waals surface area contributed by atoms with Gasteiger partial charge in [-0.2, -0.15) is 0 Å². The van der Waals surface area contributed by atoms with E-state index in [1.54, 1.807) is 0 Å². The molecule has 0 aliphatic heterocycles. The Balaban J connectivity index is 1.45. The van der Waals surface area contributed by atoms with Crippen LogP contribution >= 0.6 is 0 Å². The second-order valence-corrected chi connectivity index (χ2v) is 13.0. The Morgan fingerprint density at radius 2 is 1.25 bits per heavy atom. The van der Waals surface area contributed by atoms with Crippen LogP contribution in [0.5, 0.6) is 0 Å². The van der Waals surface area contributed by atoms with Gasteiger partial charge in [0.2, 0.25) is 0 Å². The van der Waals surface area contributed by atoms with Gasteiger partial charge in [-0.05, 0) is 80.7 Å². The van der Waals surface area contributed by atoms with Gasteiger partial charge >= 0.3 is 0 Å². The lowest BCUT2D eigenvalue weighted by atomic mass is 9.63. The molecule has 4 rings (SSSR count). The summed E-state index contributed by atoms with van der Waals surface area (Å²) in [5.41, 5.74) is 9.01. The predicted molar refractivity (Wildman–Crippen MR) is 136 cm³/mol. The second kappa shape index (κ2) is 7.71. The van der Waals surface area contributed by atoms with Crippen LogP contribution in [0.15, 0.2) is 36.4 Å². The van der Waals surface area contributed by atoms with Gasteiger partial charge < -0.3 is 5.11 Å². The third-order valence-corrected chi connectivity index (χ3v) is 8.37. The lowest BCUT2D eigenvalue weighted by Gasteiger charge is -2.42. The zero-order chi connectivity index (χ0) is 23.5. The quantitative estimate of drug-likeness (QED) is 0.507. The average Bonchev–Trinajstić information content (AvgIpc) is 2.89. The van der Waals surface area contributed by atoms with Gasteiger partial charge in [-0.1, -0.05) is 91.8 Å². The fraction of sp³-hybridized carbons (Fsp3) is 0.600. The number of fused-ring (bicyclic) bond motifs is 2. The number of benzene rings is 2. The third kappa shape index (κ3) is 4.17. The molecule has 0 radical (unpaired) electrons. The van der Waals surface area contributed by atoms with Crippen LogP contribution in [0.4, 0.5) is 0 Å². The smallest absolute Gasteiger partial charge is 0.131 e. The summed E-state index contributed by atoms with van der Waals surface area (Å²) < 4.78 is 0. The summed E-state index contributed by atoms with van der Waals surface area (Å²) in [6, 6.07) is 13.6. The van der Waals surface area contributed by atoms with E-state index in [1.807, 2.05) is 0 Å². The number of aliphatic hydroxyl groups excluding tert-OH is 1. The molecule has 2 aromatic carbocycles. The molecule has 0 amide bonds. The Hall–Kier alpha value is -1.64. The van der Waals surface area contributed by atoms with E-state index in [-0.39, 0.29) is 21.7 Å². The van der Waals surface area contributed by atoms with Gasteiger partial charge in [-0.3, -0.25) is 5.32 Å². The summed E-state index contributed by atoms with van der Waals surface area (Å²) in [6.45, 7) is 19.6. The minimum atomic E-state index is -0.632. The molecule has 2 aliphatic rings. The Morgan fingerprint density at radius 3 is 1.94 bits per heavy atom. The molecule has 0 aromatic heterocycles. The summed E-state index contributed by atoms with van der Waals surface area (Å²) in [7, 11) is 0. The molecule has 0 saturated carbocycles. The van der Waals surface area contributed by atoms with Gasteiger partial charge in [0, 0.05) is 6.54 Å². The summed E-state index contributed by atoms with van der Waals surface area (Å²) >= 11 is 0. The summed E-state index contributed by atoms with van der Waals surface area (Å²) in [5.74, 6) is 0. The van der Waals surface area contributed by atoms with Crippen molar-refractivity contribution in [3.63, 3.8) is 0 Å². The maximum absolute atomic E-state index is 10.9. The standard InChI is InChI=1S/C30H43NO/c1-27(2)14-15-28(3,4)24-17-20(9-11-22(24)27)13-16-31-26(32)21-10-12-23-25(18-21)30(7,8)19-29(23,5)6/h9-12,17-18,26,31-32H,13-16,19H2,1-8H3. The molecule has 2 N–H and O–H groups in total. The molecule has 2 nitrogen and oxygen atoms in total. The van der Waals surface area contributed by atoms with E-state index in [0.717, 1.165) is 24.9 Å². The molecule has 1 unspecified atom stereocenters. The highest BCUT2D eigenvalue weighted by Crippen LogP contribution is 2.49. The molecule has 0 fully saturated rings. The van der Waals surface area contributed by atoms with Crippen LogP contribution in [-0.2, 0) is 28.1 Å². The molecule has 174 valence electrons. The summed E-state index contributed by atoms with van der Waals surface area (Å²) in [4.78, 5) is 0. The van der Waals surface area contributed by atoms with Gasteiger partial charge in [0.05, 0.1) is 0 Å². The SMILES string of the molecule is CC1(C)CCC(C)(C)c2cc(CCNC(O)c3ccc4c(c3)C(C)(C)CC4(C)C)ccc21. The maximum atomic E-state index is 10.9. The van der Waals surface area contributed by atoms with Gasteiger partial charge in [0.15, 0.2) is 0 Å². The average molecular weight is 434 g/mol. The van der Waals surface area contributed by atoms with Crippen LogP contribution in [0.2, 0.25) is 0 Å². The van der Waals surface area contributed by atoms with Gasteiger partial charge in [-0.15, -0.1) is 0 Å². The lowest BCUT2D eigenvalue weighted by molar-refractivity contribution is 0.140. The molecule has 1 atom stereocenters. The second-order valence-electron chi connectivity index (χ2n) is 13.0. The van der Waals surface area contributed by atoms with Crippen molar-refractivity contribution in [2.75, 3.05) is 6.54 Å². The number of hydrogen-bond donors (Lipinski definition) is 2. The van der Waals surface area contributed by atoms with Gasteiger partial charge in [0.25, 0.3) is 0 Å². The Bertz CT molecular complexity index is 1010. The van der Waals surface area contributed by atoms with E-state index in [4.69, 9.17) is 0 Å². The van der Waals surface area contributed by atoms with Crippen molar-refractivity contribution in [3.05, 3.63) is 69.8 Å². The number of nitrogens with one attached hydrogen (secondary N) is 1. The topological polar surface area (TPSA) is 32.3 Å². The van der Waals surface area contributed by atoms with E-state index < -0.39 is 6.23 Å². The van der Waals surface area contributed by atoms with E-state index in [1.165, 1.54) is 40.7 Å². The highest BCUT2D eigenvalue weighted by Gasteiger charge is 2.42. The van der Waals surface area contributed by atoms with E-state index in [0.29, 0.717) is 0 Å². The lowest BCUT2D eigenvalue weighted by Crippen LogP contribution is -2.34. The zero-order valence-corrected chi connectivity index (χ0v) is 21.5. The first-order valence-corrected chi connectivity index (χ1v) is 12.4. The van der Waals surface area contributed by atoms with Crippen LogP contribution in [-0.4, -0.2) is 11.7 Å². The van der Waals surface area contributed by atoms with E-state index >= 15 is 0 Å². The van der Waals surface area contributed by atoms with Crippen LogP contribution in [0.25, 0.3) is 0 Å². The fourth-order valence-corrected chi connectivity index (χ4v) is 6.44. The van der Waals surface area contributed by atoms with E-state index in [2.05, 4.69) is 97.1 Å². The van der Waals surface area contributed by atoms with Crippen LogP contribution in [0, 0.1) is 0 Å². The highest BCUT2D eigenvalue weighted by molar-refractivity contribution is 5.47. The van der Waals surface area contributed by atoms with Gasteiger partial charge in [-0.25, -0.2) is 0 Å². The highest BCUT2D eigenvalue weighted by atomic mass is 16.3. The third-order valence-electron chi connectivity index (χ3n) is 8.37. The molecule has 2 heteroatoms. The molecule has 0 heterocycles. The number of rotatable bonds is 5. The molecule has 0 spiro atoms. The normalized spacial score (nSPS) is 22.8. The van der Waals surface area contributed by atoms with E-state index in [9.17, 15) is 5.11 Å². The minimum Gasteiger partial charge on any atom is -0.374 e. The largest absolute Gasteiger partial charge is 0.374 e. The summed E-state index contributed by atoms with van der Waals surface area (Å²) in [5, 5.41) is 14.2. The Morgan fingerprint density at radius 1 is 0.719 bits per heavy atom. The fourth-order valence-electron chi connectivity index (χ4n) is 6.44. The Labute approximate surface area is 195 Å². The molecular formula is C30H43NO.